The minimum atomic E-state index is -0.829. The van der Waals surface area contributed by atoms with Crippen LogP contribution in [0.2, 0.25) is 0 Å². The molecule has 0 amide bonds. The van der Waals surface area contributed by atoms with Gasteiger partial charge in [0, 0.05) is 0 Å². The highest BCUT2D eigenvalue weighted by Crippen LogP contribution is 2.25. The second-order valence-electron chi connectivity index (χ2n) is 6.68. The molecular formula is C22H28O4. The molecule has 0 spiro atoms. The van der Waals surface area contributed by atoms with Crippen molar-refractivity contribution in [2.75, 3.05) is 7.11 Å². The predicted molar refractivity (Wildman–Crippen MR) is 103 cm³/mol. The molecule has 1 N–H and O–H groups in total. The molecule has 0 fully saturated rings. The quantitative estimate of drug-likeness (QED) is 0.651. The maximum atomic E-state index is 10.4. The number of hydrogen-bond donors (Lipinski definition) is 1. The van der Waals surface area contributed by atoms with E-state index in [1.165, 1.54) is 6.08 Å². The molecule has 0 radical (unpaired) electrons. The van der Waals surface area contributed by atoms with Crippen molar-refractivity contribution < 1.29 is 19.3 Å². The van der Waals surface area contributed by atoms with Crippen LogP contribution in [-0.2, 0) is 22.7 Å². The molecule has 2 atom stereocenters. The number of methoxy groups -OCH3 is 1. The Labute approximate surface area is 156 Å². The average molecular weight is 356 g/mol. The van der Waals surface area contributed by atoms with Crippen LogP contribution >= 0.6 is 0 Å². The van der Waals surface area contributed by atoms with Gasteiger partial charge in [0.2, 0.25) is 0 Å². The molecule has 0 aliphatic rings. The van der Waals surface area contributed by atoms with E-state index in [2.05, 4.69) is 6.58 Å². The van der Waals surface area contributed by atoms with Gasteiger partial charge >= 0.3 is 0 Å². The molecule has 0 aliphatic heterocycles. The van der Waals surface area contributed by atoms with Gasteiger partial charge in [-0.05, 0) is 37.1 Å². The number of benzene rings is 2. The molecule has 140 valence electrons. The van der Waals surface area contributed by atoms with Crippen molar-refractivity contribution in [1.82, 2.24) is 0 Å². The zero-order valence-electron chi connectivity index (χ0n) is 15.7. The molecule has 0 aromatic heterocycles. The van der Waals surface area contributed by atoms with E-state index in [4.69, 9.17) is 14.2 Å². The van der Waals surface area contributed by atoms with Gasteiger partial charge in [0.05, 0.1) is 25.9 Å². The lowest BCUT2D eigenvalue weighted by molar-refractivity contribution is -0.166. The summed E-state index contributed by atoms with van der Waals surface area (Å²) in [6, 6.07) is 17.6. The van der Waals surface area contributed by atoms with Crippen LogP contribution in [0.15, 0.2) is 67.3 Å². The maximum absolute atomic E-state index is 10.4. The Bertz CT molecular complexity index is 664. The van der Waals surface area contributed by atoms with Gasteiger partial charge in [0.15, 0.2) is 0 Å². The monoisotopic (exact) mass is 356 g/mol. The fourth-order valence-electron chi connectivity index (χ4n) is 2.67. The van der Waals surface area contributed by atoms with Gasteiger partial charge in [0.25, 0.3) is 0 Å². The largest absolute Gasteiger partial charge is 0.497 e. The Balaban J connectivity index is 2.02. The first kappa shape index (κ1) is 20.2. The molecule has 0 saturated carbocycles. The molecule has 0 saturated heterocycles. The standard InChI is InChI=1S/C22H28O4/c1-5-20(23)21(25-15-17-9-7-6-8-10-17)22(2,3)26-16-18-11-13-19(24-4)14-12-18/h5-14,20-21,23H,1,15-16H2,2-4H3/t20-,21+/m1/s1. The summed E-state index contributed by atoms with van der Waals surface area (Å²) in [5, 5.41) is 10.4. The molecule has 0 heterocycles. The van der Waals surface area contributed by atoms with Crippen molar-refractivity contribution in [1.29, 1.82) is 0 Å². The highest BCUT2D eigenvalue weighted by Gasteiger charge is 2.36. The molecule has 2 aromatic rings. The third-order valence-electron chi connectivity index (χ3n) is 4.28. The molecule has 2 aromatic carbocycles. The second-order valence-corrected chi connectivity index (χ2v) is 6.68. The Morgan fingerprint density at radius 2 is 1.62 bits per heavy atom. The number of ether oxygens (including phenoxy) is 3. The van der Waals surface area contributed by atoms with Crippen LogP contribution < -0.4 is 4.74 Å². The number of aliphatic hydroxyl groups is 1. The van der Waals surface area contributed by atoms with E-state index in [-0.39, 0.29) is 0 Å². The highest BCUT2D eigenvalue weighted by atomic mass is 16.6. The highest BCUT2D eigenvalue weighted by molar-refractivity contribution is 5.26. The van der Waals surface area contributed by atoms with E-state index in [1.54, 1.807) is 7.11 Å². The van der Waals surface area contributed by atoms with Gasteiger partial charge < -0.3 is 19.3 Å². The lowest BCUT2D eigenvalue weighted by atomic mass is 9.96. The zero-order chi connectivity index (χ0) is 19.0. The summed E-state index contributed by atoms with van der Waals surface area (Å²) in [6.45, 7) is 8.32. The topological polar surface area (TPSA) is 47.9 Å². The van der Waals surface area contributed by atoms with Crippen LogP contribution in [0.25, 0.3) is 0 Å². The smallest absolute Gasteiger partial charge is 0.118 e. The number of aliphatic hydroxyl groups excluding tert-OH is 1. The normalized spacial score (nSPS) is 13.8. The maximum Gasteiger partial charge on any atom is 0.118 e. The third-order valence-corrected chi connectivity index (χ3v) is 4.28. The van der Waals surface area contributed by atoms with Crippen LogP contribution in [-0.4, -0.2) is 30.0 Å². The summed E-state index contributed by atoms with van der Waals surface area (Å²) in [5.74, 6) is 0.805. The first-order valence-electron chi connectivity index (χ1n) is 8.69. The minimum Gasteiger partial charge on any atom is -0.497 e. The Kier molecular flexibility index (Phi) is 7.39. The zero-order valence-corrected chi connectivity index (χ0v) is 15.7. The lowest BCUT2D eigenvalue weighted by Crippen LogP contribution is -2.47. The molecule has 4 heteroatoms. The number of rotatable bonds is 10. The second kappa shape index (κ2) is 9.53. The molecule has 4 nitrogen and oxygen atoms in total. The van der Waals surface area contributed by atoms with Gasteiger partial charge in [-0.1, -0.05) is 48.5 Å². The Morgan fingerprint density at radius 3 is 2.19 bits per heavy atom. The van der Waals surface area contributed by atoms with E-state index in [1.807, 2.05) is 68.4 Å². The minimum absolute atomic E-state index is 0.395. The molecule has 0 unspecified atom stereocenters. The van der Waals surface area contributed by atoms with Crippen LogP contribution in [0.3, 0.4) is 0 Å². The van der Waals surface area contributed by atoms with Crippen LogP contribution in [0.5, 0.6) is 5.75 Å². The first-order chi connectivity index (χ1) is 12.5. The van der Waals surface area contributed by atoms with Crippen molar-refractivity contribution in [3.63, 3.8) is 0 Å². The summed E-state index contributed by atoms with van der Waals surface area (Å²) < 4.78 is 17.3. The molecule has 2 rings (SSSR count). The third kappa shape index (κ3) is 5.70. The van der Waals surface area contributed by atoms with E-state index < -0.39 is 17.8 Å². The Morgan fingerprint density at radius 1 is 1.00 bits per heavy atom. The fraction of sp³-hybridized carbons (Fsp3) is 0.364. The summed E-state index contributed by atoms with van der Waals surface area (Å²) >= 11 is 0. The van der Waals surface area contributed by atoms with Crippen molar-refractivity contribution in [3.05, 3.63) is 78.4 Å². The lowest BCUT2D eigenvalue weighted by Gasteiger charge is -2.36. The van der Waals surface area contributed by atoms with Gasteiger partial charge in [-0.3, -0.25) is 0 Å². The van der Waals surface area contributed by atoms with Gasteiger partial charge in [-0.15, -0.1) is 6.58 Å². The summed E-state index contributed by atoms with van der Waals surface area (Å²) in [7, 11) is 1.64. The molecular weight excluding hydrogens is 328 g/mol. The number of hydrogen-bond acceptors (Lipinski definition) is 4. The van der Waals surface area contributed by atoms with E-state index >= 15 is 0 Å². The van der Waals surface area contributed by atoms with Crippen molar-refractivity contribution >= 4 is 0 Å². The molecule has 0 aliphatic carbocycles. The average Bonchev–Trinajstić information content (AvgIpc) is 2.67. The molecule has 0 bridgehead atoms. The Hall–Kier alpha value is -2.14. The van der Waals surface area contributed by atoms with Crippen molar-refractivity contribution in [2.24, 2.45) is 0 Å². The van der Waals surface area contributed by atoms with E-state index in [9.17, 15) is 5.11 Å². The van der Waals surface area contributed by atoms with E-state index in [0.29, 0.717) is 13.2 Å². The van der Waals surface area contributed by atoms with Crippen molar-refractivity contribution in [3.8, 4) is 5.75 Å². The van der Waals surface area contributed by atoms with Gasteiger partial charge in [-0.25, -0.2) is 0 Å². The summed E-state index contributed by atoms with van der Waals surface area (Å²) in [5.41, 5.74) is 1.36. The SMILES string of the molecule is C=C[C@@H](O)[C@H](OCc1ccccc1)C(C)(C)OCc1ccc(OC)cc1. The first-order valence-corrected chi connectivity index (χ1v) is 8.69. The fourth-order valence-corrected chi connectivity index (χ4v) is 2.67. The van der Waals surface area contributed by atoms with E-state index in [0.717, 1.165) is 16.9 Å². The van der Waals surface area contributed by atoms with Gasteiger partial charge in [-0.2, -0.15) is 0 Å². The van der Waals surface area contributed by atoms with Crippen LogP contribution in [0.1, 0.15) is 25.0 Å². The van der Waals surface area contributed by atoms with Crippen LogP contribution in [0, 0.1) is 0 Å². The predicted octanol–water partition coefficient (Wildman–Crippen LogP) is 4.12. The van der Waals surface area contributed by atoms with Crippen molar-refractivity contribution in [2.45, 2.75) is 44.9 Å². The molecule has 26 heavy (non-hydrogen) atoms. The van der Waals surface area contributed by atoms with Crippen LogP contribution in [0.4, 0.5) is 0 Å². The summed E-state index contributed by atoms with van der Waals surface area (Å²) in [4.78, 5) is 0. The summed E-state index contributed by atoms with van der Waals surface area (Å²) in [6.07, 6.45) is 0.108. The van der Waals surface area contributed by atoms with Gasteiger partial charge in [0.1, 0.15) is 18.0 Å².